The molecule has 0 spiro atoms. The van der Waals surface area contributed by atoms with Crippen LogP contribution in [0.15, 0.2) is 84.0 Å². The maximum Gasteiger partial charge on any atom is 0.344 e. The van der Waals surface area contributed by atoms with E-state index in [1.54, 1.807) is 42.2 Å². The van der Waals surface area contributed by atoms with Crippen LogP contribution in [-0.4, -0.2) is 43.3 Å². The van der Waals surface area contributed by atoms with Crippen molar-refractivity contribution in [2.24, 2.45) is 5.10 Å². The molecular formula is C27H28N2O4S2. The first-order valence-corrected chi connectivity index (χ1v) is 13.6. The molecule has 3 aromatic rings. The summed E-state index contributed by atoms with van der Waals surface area (Å²) in [5.74, 6) is 2.48. The van der Waals surface area contributed by atoms with Crippen molar-refractivity contribution in [1.29, 1.82) is 0 Å². The molecule has 6 nitrogen and oxygen atoms in total. The third-order valence-electron chi connectivity index (χ3n) is 4.76. The Labute approximate surface area is 214 Å². The summed E-state index contributed by atoms with van der Waals surface area (Å²) in [6.45, 7) is 0.241. The smallest absolute Gasteiger partial charge is 0.344 e. The predicted molar refractivity (Wildman–Crippen MR) is 144 cm³/mol. The number of hydrazone groups is 1. The standard InChI is InChI=1S/C27H28N2O4S2/c1-34-16-15-32-26(30)18-33-25-13-9-21(10-14-25)17-28-29-27(31)24-11-7-23(8-12-24)20-35-19-22-5-3-2-4-6-22/h2-14,17H,15-16,18-20H2,1H3,(H,29,31). The second kappa shape index (κ2) is 14.9. The maximum absolute atomic E-state index is 12.3. The second-order valence-corrected chi connectivity index (χ2v) is 9.42. The minimum Gasteiger partial charge on any atom is -0.482 e. The van der Waals surface area contributed by atoms with E-state index in [1.807, 2.05) is 60.5 Å². The minimum absolute atomic E-state index is 0.137. The van der Waals surface area contributed by atoms with E-state index in [-0.39, 0.29) is 12.5 Å². The van der Waals surface area contributed by atoms with Crippen molar-refractivity contribution in [3.05, 3.63) is 101 Å². The molecule has 0 aliphatic carbocycles. The second-order valence-electron chi connectivity index (χ2n) is 7.45. The first-order valence-electron chi connectivity index (χ1n) is 11.1. The monoisotopic (exact) mass is 508 g/mol. The summed E-state index contributed by atoms with van der Waals surface area (Å²) in [7, 11) is 0. The van der Waals surface area contributed by atoms with Crippen LogP contribution in [0.25, 0.3) is 0 Å². The molecule has 0 bridgehead atoms. The number of ether oxygens (including phenoxy) is 2. The van der Waals surface area contributed by atoms with E-state index in [0.29, 0.717) is 17.9 Å². The Kier molecular flexibility index (Phi) is 11.2. The van der Waals surface area contributed by atoms with Gasteiger partial charge in [-0.15, -0.1) is 0 Å². The average molecular weight is 509 g/mol. The largest absolute Gasteiger partial charge is 0.482 e. The molecule has 8 heteroatoms. The molecule has 0 aliphatic rings. The number of hydrogen-bond acceptors (Lipinski definition) is 7. The molecule has 0 heterocycles. The molecule has 182 valence electrons. The van der Waals surface area contributed by atoms with Gasteiger partial charge in [-0.1, -0.05) is 42.5 Å². The molecule has 3 rings (SSSR count). The Morgan fingerprint density at radius 2 is 1.60 bits per heavy atom. The normalized spacial score (nSPS) is 10.8. The van der Waals surface area contributed by atoms with E-state index in [2.05, 4.69) is 22.7 Å². The van der Waals surface area contributed by atoms with E-state index in [9.17, 15) is 9.59 Å². The highest BCUT2D eigenvalue weighted by Crippen LogP contribution is 2.18. The van der Waals surface area contributed by atoms with Crippen LogP contribution in [-0.2, 0) is 21.0 Å². The average Bonchev–Trinajstić information content (AvgIpc) is 2.89. The van der Waals surface area contributed by atoms with Crippen molar-refractivity contribution in [1.82, 2.24) is 5.43 Å². The first kappa shape index (κ1) is 26.4. The maximum atomic E-state index is 12.3. The van der Waals surface area contributed by atoms with E-state index in [0.717, 1.165) is 22.8 Å². The Morgan fingerprint density at radius 3 is 2.29 bits per heavy atom. The van der Waals surface area contributed by atoms with Gasteiger partial charge in [0.05, 0.1) is 6.21 Å². The lowest BCUT2D eigenvalue weighted by molar-refractivity contribution is -0.145. The SMILES string of the molecule is CSCCOC(=O)COc1ccc(C=NNC(=O)c2ccc(CSCc3ccccc3)cc2)cc1. The van der Waals surface area contributed by atoms with Gasteiger partial charge in [-0.3, -0.25) is 4.79 Å². The summed E-state index contributed by atoms with van der Waals surface area (Å²) in [4.78, 5) is 23.9. The van der Waals surface area contributed by atoms with Crippen molar-refractivity contribution in [2.45, 2.75) is 11.5 Å². The Hall–Kier alpha value is -3.23. The number of hydrogen-bond donors (Lipinski definition) is 1. The number of nitrogens with zero attached hydrogens (tertiary/aromatic N) is 1. The topological polar surface area (TPSA) is 77.0 Å². The van der Waals surface area contributed by atoms with Crippen LogP contribution >= 0.6 is 23.5 Å². The van der Waals surface area contributed by atoms with Crippen LogP contribution < -0.4 is 10.2 Å². The van der Waals surface area contributed by atoms with Gasteiger partial charge in [-0.05, 0) is 59.3 Å². The summed E-state index contributed by atoms with van der Waals surface area (Å²) in [6, 6.07) is 24.9. The van der Waals surface area contributed by atoms with Crippen LogP contribution in [0, 0.1) is 0 Å². The fourth-order valence-electron chi connectivity index (χ4n) is 2.92. The molecule has 0 aliphatic heterocycles. The molecule has 0 saturated carbocycles. The molecule has 0 aromatic heterocycles. The summed E-state index contributed by atoms with van der Waals surface area (Å²) in [6.07, 6.45) is 3.50. The molecule has 0 unspecified atom stereocenters. The first-order chi connectivity index (χ1) is 17.1. The lowest BCUT2D eigenvalue weighted by atomic mass is 10.1. The number of benzene rings is 3. The number of thioether (sulfide) groups is 2. The van der Waals surface area contributed by atoms with Gasteiger partial charge in [0, 0.05) is 22.8 Å². The van der Waals surface area contributed by atoms with Crippen molar-refractivity contribution in [3.8, 4) is 5.75 Å². The summed E-state index contributed by atoms with van der Waals surface area (Å²) in [5, 5.41) is 4.02. The minimum atomic E-state index is -0.397. The Morgan fingerprint density at radius 1 is 0.914 bits per heavy atom. The zero-order chi connectivity index (χ0) is 24.7. The predicted octanol–water partition coefficient (Wildman–Crippen LogP) is 5.17. The third kappa shape index (κ3) is 9.88. The fourth-order valence-corrected chi connectivity index (χ4v) is 4.12. The molecule has 3 aromatic carbocycles. The molecule has 1 amide bonds. The van der Waals surface area contributed by atoms with Gasteiger partial charge in [-0.25, -0.2) is 10.2 Å². The Bertz CT molecular complexity index is 1090. The van der Waals surface area contributed by atoms with Crippen molar-refractivity contribution < 1.29 is 19.1 Å². The third-order valence-corrected chi connectivity index (χ3v) is 6.41. The summed E-state index contributed by atoms with van der Waals surface area (Å²) >= 11 is 3.45. The lowest BCUT2D eigenvalue weighted by Gasteiger charge is -2.06. The van der Waals surface area contributed by atoms with Gasteiger partial charge < -0.3 is 9.47 Å². The van der Waals surface area contributed by atoms with Gasteiger partial charge in [0.25, 0.3) is 5.91 Å². The van der Waals surface area contributed by atoms with Crippen LogP contribution in [0.5, 0.6) is 5.75 Å². The van der Waals surface area contributed by atoms with E-state index in [1.165, 1.54) is 11.1 Å². The van der Waals surface area contributed by atoms with Gasteiger partial charge in [-0.2, -0.15) is 28.6 Å². The van der Waals surface area contributed by atoms with Gasteiger partial charge >= 0.3 is 5.97 Å². The molecule has 0 fully saturated rings. The number of esters is 1. The van der Waals surface area contributed by atoms with Crippen LogP contribution in [0.2, 0.25) is 0 Å². The van der Waals surface area contributed by atoms with Crippen molar-refractivity contribution in [2.75, 3.05) is 25.2 Å². The van der Waals surface area contributed by atoms with E-state index < -0.39 is 5.97 Å². The highest BCUT2D eigenvalue weighted by atomic mass is 32.2. The van der Waals surface area contributed by atoms with E-state index >= 15 is 0 Å². The summed E-state index contributed by atoms with van der Waals surface area (Å²) in [5.41, 5.74) is 6.34. The number of nitrogens with one attached hydrogen (secondary N) is 1. The van der Waals surface area contributed by atoms with Crippen LogP contribution in [0.3, 0.4) is 0 Å². The molecule has 0 saturated heterocycles. The lowest BCUT2D eigenvalue weighted by Crippen LogP contribution is -2.17. The van der Waals surface area contributed by atoms with Crippen molar-refractivity contribution in [3.63, 3.8) is 0 Å². The van der Waals surface area contributed by atoms with E-state index in [4.69, 9.17) is 9.47 Å². The zero-order valence-electron chi connectivity index (χ0n) is 19.5. The fraction of sp³-hybridized carbons (Fsp3) is 0.222. The number of carbonyl (C=O) groups excluding carboxylic acids is 2. The van der Waals surface area contributed by atoms with Crippen LogP contribution in [0.4, 0.5) is 0 Å². The molecule has 35 heavy (non-hydrogen) atoms. The Balaban J connectivity index is 1.38. The summed E-state index contributed by atoms with van der Waals surface area (Å²) < 4.78 is 10.4. The highest BCUT2D eigenvalue weighted by molar-refractivity contribution is 7.98. The van der Waals surface area contributed by atoms with Gasteiger partial charge in [0.2, 0.25) is 0 Å². The van der Waals surface area contributed by atoms with Gasteiger partial charge in [0.15, 0.2) is 6.61 Å². The molecule has 0 radical (unpaired) electrons. The number of amides is 1. The number of rotatable bonds is 13. The van der Waals surface area contributed by atoms with Crippen LogP contribution in [0.1, 0.15) is 27.0 Å². The molecule has 0 atom stereocenters. The molecule has 1 N–H and O–H groups in total. The number of carbonyl (C=O) groups is 2. The molecular weight excluding hydrogens is 480 g/mol. The van der Waals surface area contributed by atoms with Crippen molar-refractivity contribution >= 4 is 41.6 Å². The quantitative estimate of drug-likeness (QED) is 0.149. The highest BCUT2D eigenvalue weighted by Gasteiger charge is 2.05. The van der Waals surface area contributed by atoms with Gasteiger partial charge in [0.1, 0.15) is 12.4 Å². The zero-order valence-corrected chi connectivity index (χ0v) is 21.1.